The van der Waals surface area contributed by atoms with Gasteiger partial charge in [0.1, 0.15) is 22.8 Å². The Hall–Kier alpha value is -4.26. The van der Waals surface area contributed by atoms with Crippen molar-refractivity contribution in [3.8, 4) is 5.75 Å². The Morgan fingerprint density at radius 3 is 2.42 bits per heavy atom. The van der Waals surface area contributed by atoms with E-state index in [1.807, 2.05) is 0 Å². The van der Waals surface area contributed by atoms with Gasteiger partial charge in [0.2, 0.25) is 18.2 Å². The van der Waals surface area contributed by atoms with Crippen LogP contribution in [0.2, 0.25) is 0 Å². The number of phenolic OH excluding ortho intramolecular Hbond substituents is 1. The van der Waals surface area contributed by atoms with Gasteiger partial charge >= 0.3 is 0 Å². The van der Waals surface area contributed by atoms with E-state index in [9.17, 15) is 40.0 Å². The van der Waals surface area contributed by atoms with E-state index >= 15 is 0 Å². The number of likely N-dealkylation sites (N-methyl/N-ethyl adjacent to an activating group) is 1. The number of nitrogens with zero attached hydrogens (tertiary/aromatic N) is 2. The van der Waals surface area contributed by atoms with Crippen LogP contribution in [-0.4, -0.2) is 73.7 Å². The predicted octanol–water partition coefficient (Wildman–Crippen LogP) is -0.0648. The lowest BCUT2D eigenvalue weighted by Crippen LogP contribution is -2.63. The number of rotatable bonds is 6. The summed E-state index contributed by atoms with van der Waals surface area (Å²) < 4.78 is 0.933. The molecule has 12 nitrogen and oxygen atoms in total. The molecular weight excluding hydrogens is 520 g/mol. The normalized spacial score (nSPS) is 26.1. The summed E-state index contributed by atoms with van der Waals surface area (Å²) in [5.74, 6) is -6.76. The van der Waals surface area contributed by atoms with Crippen LogP contribution >= 0.6 is 0 Å². The Morgan fingerprint density at radius 2 is 1.80 bits per heavy atom. The Labute approximate surface area is 229 Å². The summed E-state index contributed by atoms with van der Waals surface area (Å²) in [6, 6.07) is 5.52. The van der Waals surface area contributed by atoms with Crippen LogP contribution in [0.15, 0.2) is 59.3 Å². The highest BCUT2D eigenvalue weighted by molar-refractivity contribution is 6.24. The van der Waals surface area contributed by atoms with Crippen molar-refractivity contribution in [2.45, 2.75) is 37.6 Å². The minimum absolute atomic E-state index is 0.0267. The Morgan fingerprint density at radius 1 is 1.12 bits per heavy atom. The third-order valence-corrected chi connectivity index (χ3v) is 8.23. The summed E-state index contributed by atoms with van der Waals surface area (Å²) in [5.41, 5.74) is 3.87. The zero-order chi connectivity index (χ0) is 29.1. The van der Waals surface area contributed by atoms with E-state index in [1.165, 1.54) is 23.4 Å². The predicted molar refractivity (Wildman–Crippen MR) is 138 cm³/mol. The Bertz CT molecular complexity index is 1500. The van der Waals surface area contributed by atoms with E-state index in [0.29, 0.717) is 18.7 Å². The number of pyridine rings is 1. The number of carbonyl (C=O) groups excluding carboxylic acids is 3. The average molecular weight is 552 g/mol. The van der Waals surface area contributed by atoms with Crippen LogP contribution in [0.4, 0.5) is 0 Å². The van der Waals surface area contributed by atoms with Gasteiger partial charge in [-0.2, -0.15) is 0 Å². The third-order valence-electron chi connectivity index (χ3n) is 8.23. The lowest BCUT2D eigenvalue weighted by atomic mass is 9.58. The molecular formula is C28H31N4O8+. The molecule has 0 bridgehead atoms. The fourth-order valence-electron chi connectivity index (χ4n) is 6.39. The molecule has 0 saturated carbocycles. The monoisotopic (exact) mass is 551 g/mol. The fraction of sp³-hybridized carbons (Fsp3) is 0.357. The first-order chi connectivity index (χ1) is 18.9. The van der Waals surface area contributed by atoms with E-state index < -0.39 is 58.0 Å². The van der Waals surface area contributed by atoms with Crippen molar-refractivity contribution < 1.29 is 44.7 Å². The first-order valence-electron chi connectivity index (χ1n) is 12.8. The molecule has 1 amide bonds. The highest BCUT2D eigenvalue weighted by Gasteiger charge is 2.63. The highest BCUT2D eigenvalue weighted by Crippen LogP contribution is 2.52. The standard InChI is InChI=1S/C28H30N4O8/c1-31(2)22-17-10-15-9-16-14(12-30-11-13-5-7-32(40)8-6-13)3-4-18(33)20(16)23(34)19(15)25(36)28(17,39)26(37)21(24(22)35)27(29)38/h3-8,15,17,22,30,39H,9-12H2,1-2H3,(H5-,29,33,34,35,36,37,38,40)/p+1/t15-,17-,22-,28-/m0/s1. The van der Waals surface area contributed by atoms with Gasteiger partial charge in [-0.1, -0.05) is 6.07 Å². The second-order valence-corrected chi connectivity index (χ2v) is 10.8. The molecule has 0 fully saturated rings. The zero-order valence-corrected chi connectivity index (χ0v) is 22.0. The van der Waals surface area contributed by atoms with Crippen molar-refractivity contribution in [3.05, 3.63) is 81.6 Å². The maximum Gasteiger partial charge on any atom is 0.255 e. The molecule has 4 atom stereocenters. The summed E-state index contributed by atoms with van der Waals surface area (Å²) in [6.07, 6.45) is 3.24. The lowest BCUT2D eigenvalue weighted by molar-refractivity contribution is -0.904. The van der Waals surface area contributed by atoms with Crippen LogP contribution in [0.5, 0.6) is 5.75 Å². The van der Waals surface area contributed by atoms with Crippen molar-refractivity contribution in [1.29, 1.82) is 0 Å². The molecule has 0 spiro atoms. The number of fused-ring (bicyclic) bond motifs is 3. The lowest BCUT2D eigenvalue weighted by Gasteiger charge is -2.50. The maximum absolute atomic E-state index is 13.8. The van der Waals surface area contributed by atoms with Crippen LogP contribution in [0, 0.1) is 11.8 Å². The number of ketones is 2. The molecule has 0 aliphatic heterocycles. The largest absolute Gasteiger partial charge is 0.510 e. The second kappa shape index (κ2) is 9.73. The molecule has 1 heterocycles. The number of primary amides is 1. The Kier molecular flexibility index (Phi) is 6.65. The number of nitrogens with one attached hydrogen (secondary N) is 1. The molecule has 1 aromatic heterocycles. The van der Waals surface area contributed by atoms with Gasteiger partial charge in [-0.3, -0.25) is 24.5 Å². The minimum atomic E-state index is -2.66. The Balaban J connectivity index is 1.54. The first-order valence-corrected chi connectivity index (χ1v) is 12.8. The molecule has 12 heteroatoms. The number of amides is 1. The number of aromatic hydroxyl groups is 1. The average Bonchev–Trinajstić information content (AvgIpc) is 2.88. The maximum atomic E-state index is 13.8. The van der Waals surface area contributed by atoms with Crippen LogP contribution in [0.25, 0.3) is 0 Å². The number of aliphatic hydroxyl groups excluding tert-OH is 2. The molecule has 1 aromatic carbocycles. The molecule has 2 aromatic rings. The van der Waals surface area contributed by atoms with Crippen molar-refractivity contribution in [3.63, 3.8) is 0 Å². The number of phenols is 1. The molecule has 210 valence electrons. The van der Waals surface area contributed by atoms with Gasteiger partial charge in [0.25, 0.3) is 5.91 Å². The number of benzene rings is 1. The SMILES string of the molecule is CN(C)[C@@H]1C(O)=C(C(N)=O)C(=O)[C@@]2(O)C(O)=C3C(=O)c4c(O)ccc(CNCc5cc[n+](O)cc5)c4C[C@H]3C[C@@H]12. The van der Waals surface area contributed by atoms with E-state index in [4.69, 9.17) is 5.73 Å². The molecule has 0 radical (unpaired) electrons. The summed E-state index contributed by atoms with van der Waals surface area (Å²) >= 11 is 0. The molecule has 0 unspecified atom stereocenters. The van der Waals surface area contributed by atoms with E-state index in [2.05, 4.69) is 5.32 Å². The van der Waals surface area contributed by atoms with Crippen molar-refractivity contribution >= 4 is 17.5 Å². The number of Topliss-reactive ketones (excluding diaryl/α,β-unsaturated/α-hetero) is 2. The van der Waals surface area contributed by atoms with Crippen LogP contribution in [0.3, 0.4) is 0 Å². The first kappa shape index (κ1) is 27.3. The fourth-order valence-corrected chi connectivity index (χ4v) is 6.39. The van der Waals surface area contributed by atoms with Gasteiger partial charge in [0, 0.05) is 41.4 Å². The molecule has 5 rings (SSSR count). The van der Waals surface area contributed by atoms with Gasteiger partial charge in [-0.25, -0.2) is 0 Å². The summed E-state index contributed by atoms with van der Waals surface area (Å²) in [7, 11) is 3.17. The van der Waals surface area contributed by atoms with Crippen LogP contribution < -0.4 is 15.8 Å². The van der Waals surface area contributed by atoms with Crippen LogP contribution in [0.1, 0.15) is 33.5 Å². The van der Waals surface area contributed by atoms with Gasteiger partial charge < -0.3 is 31.5 Å². The molecule has 40 heavy (non-hydrogen) atoms. The van der Waals surface area contributed by atoms with Crippen LogP contribution in [-0.2, 0) is 29.1 Å². The summed E-state index contributed by atoms with van der Waals surface area (Å²) in [5, 5.41) is 57.2. The topological polar surface area (TPSA) is 198 Å². The third kappa shape index (κ3) is 4.03. The van der Waals surface area contributed by atoms with Gasteiger partial charge in [-0.05, 0) is 55.6 Å². The molecule has 8 N–H and O–H groups in total. The number of carbonyl (C=O) groups is 3. The van der Waals surface area contributed by atoms with Crippen molar-refractivity contribution in [1.82, 2.24) is 10.2 Å². The summed E-state index contributed by atoms with van der Waals surface area (Å²) in [4.78, 5) is 40.7. The number of nitrogens with two attached hydrogens (primary N) is 1. The van der Waals surface area contributed by atoms with Gasteiger partial charge in [0.05, 0.1) is 11.6 Å². The smallest absolute Gasteiger partial charge is 0.255 e. The second-order valence-electron chi connectivity index (χ2n) is 10.8. The molecule has 3 aliphatic carbocycles. The number of allylic oxidation sites excluding steroid dienone is 1. The number of aromatic nitrogens is 1. The molecule has 3 aliphatic rings. The highest BCUT2D eigenvalue weighted by atomic mass is 16.5. The number of aliphatic hydroxyl groups is 3. The molecule has 0 saturated heterocycles. The van der Waals surface area contributed by atoms with Crippen molar-refractivity contribution in [2.24, 2.45) is 17.6 Å². The van der Waals surface area contributed by atoms with E-state index in [-0.39, 0.29) is 29.7 Å². The summed E-state index contributed by atoms with van der Waals surface area (Å²) in [6.45, 7) is 0.814. The van der Waals surface area contributed by atoms with Gasteiger partial charge in [0.15, 0.2) is 11.4 Å². The number of hydrogen-bond acceptors (Lipinski definition) is 10. The van der Waals surface area contributed by atoms with Gasteiger partial charge in [-0.15, -0.1) is 0 Å². The number of hydrogen-bond donors (Lipinski definition) is 7. The minimum Gasteiger partial charge on any atom is -0.510 e. The quantitative estimate of drug-likeness (QED) is 0.145. The van der Waals surface area contributed by atoms with Crippen molar-refractivity contribution in [2.75, 3.05) is 14.1 Å². The zero-order valence-electron chi connectivity index (χ0n) is 22.0. The van der Waals surface area contributed by atoms with E-state index in [1.54, 1.807) is 32.3 Å². The van der Waals surface area contributed by atoms with E-state index in [0.717, 1.165) is 15.9 Å².